The Morgan fingerprint density at radius 3 is 2.27 bits per heavy atom. The maximum Gasteiger partial charge on any atom is 0.232 e. The molecule has 0 aliphatic rings. The summed E-state index contributed by atoms with van der Waals surface area (Å²) in [5, 5.41) is 0.647. The number of rotatable bonds is 7. The number of carbonyl (C=O) groups excluding carboxylic acids is 1. The van der Waals surface area contributed by atoms with Gasteiger partial charge >= 0.3 is 0 Å². The molecule has 0 bridgehead atoms. The van der Waals surface area contributed by atoms with Crippen molar-refractivity contribution in [3.05, 3.63) is 28.2 Å². The standard InChI is InChI=1S/C14H20Cl2N2O3S/c1-4-17(5-2)14(19)8-9-18(22(3,20)21)13-10-11(15)6-7-12(13)16/h6-7,10H,4-5,8-9H2,1-3H3. The first kappa shape index (κ1) is 19.1. The van der Waals surface area contributed by atoms with Crippen molar-refractivity contribution in [2.45, 2.75) is 20.3 Å². The molecule has 8 heteroatoms. The van der Waals surface area contributed by atoms with Gasteiger partial charge in [0, 0.05) is 31.1 Å². The number of nitrogens with zero attached hydrogens (tertiary/aromatic N) is 2. The van der Waals surface area contributed by atoms with E-state index in [1.165, 1.54) is 12.1 Å². The highest BCUT2D eigenvalue weighted by Crippen LogP contribution is 2.30. The minimum absolute atomic E-state index is 0.0221. The number of benzene rings is 1. The van der Waals surface area contributed by atoms with Crippen LogP contribution < -0.4 is 4.31 Å². The number of hydrogen-bond acceptors (Lipinski definition) is 3. The van der Waals surface area contributed by atoms with Crippen molar-refractivity contribution in [2.24, 2.45) is 0 Å². The van der Waals surface area contributed by atoms with Crippen LogP contribution in [-0.4, -0.2) is 45.1 Å². The molecule has 0 spiro atoms. The molecule has 1 rings (SSSR count). The van der Waals surface area contributed by atoms with Crippen LogP contribution in [0.15, 0.2) is 18.2 Å². The smallest absolute Gasteiger partial charge is 0.232 e. The molecule has 0 aliphatic carbocycles. The van der Waals surface area contributed by atoms with Crippen LogP contribution >= 0.6 is 23.2 Å². The Morgan fingerprint density at radius 1 is 1.18 bits per heavy atom. The normalized spacial score (nSPS) is 11.3. The van der Waals surface area contributed by atoms with Crippen molar-refractivity contribution in [2.75, 3.05) is 30.2 Å². The quantitative estimate of drug-likeness (QED) is 0.744. The van der Waals surface area contributed by atoms with Crippen LogP contribution in [0.25, 0.3) is 0 Å². The highest BCUT2D eigenvalue weighted by atomic mass is 35.5. The maximum absolute atomic E-state index is 12.1. The van der Waals surface area contributed by atoms with E-state index in [4.69, 9.17) is 23.2 Å². The van der Waals surface area contributed by atoms with Gasteiger partial charge in [-0.15, -0.1) is 0 Å². The van der Waals surface area contributed by atoms with E-state index in [1.54, 1.807) is 11.0 Å². The van der Waals surface area contributed by atoms with E-state index in [1.807, 2.05) is 13.8 Å². The van der Waals surface area contributed by atoms with Crippen LogP contribution in [0.5, 0.6) is 0 Å². The number of carbonyl (C=O) groups is 1. The van der Waals surface area contributed by atoms with Gasteiger partial charge in [-0.25, -0.2) is 8.42 Å². The number of sulfonamides is 1. The Bertz CT molecular complexity index is 631. The SMILES string of the molecule is CCN(CC)C(=O)CCN(c1cc(Cl)ccc1Cl)S(C)(=O)=O. The van der Waals surface area contributed by atoms with Gasteiger partial charge in [0.25, 0.3) is 0 Å². The molecule has 0 radical (unpaired) electrons. The van der Waals surface area contributed by atoms with Crippen molar-refractivity contribution in [1.82, 2.24) is 4.90 Å². The first-order chi connectivity index (χ1) is 10.2. The largest absolute Gasteiger partial charge is 0.343 e. The zero-order chi connectivity index (χ0) is 16.9. The lowest BCUT2D eigenvalue weighted by Crippen LogP contribution is -2.36. The van der Waals surface area contributed by atoms with E-state index in [2.05, 4.69) is 0 Å². The summed E-state index contributed by atoms with van der Waals surface area (Å²) in [5.74, 6) is -0.100. The van der Waals surface area contributed by atoms with Gasteiger partial charge in [0.05, 0.1) is 17.0 Å². The molecule has 0 saturated carbocycles. The lowest BCUT2D eigenvalue weighted by Gasteiger charge is -2.25. The zero-order valence-corrected chi connectivity index (χ0v) is 15.2. The summed E-state index contributed by atoms with van der Waals surface area (Å²) in [6.07, 6.45) is 1.16. The monoisotopic (exact) mass is 366 g/mol. The predicted molar refractivity (Wildman–Crippen MR) is 91.2 cm³/mol. The van der Waals surface area contributed by atoms with Gasteiger partial charge in [0.1, 0.15) is 0 Å². The first-order valence-corrected chi connectivity index (χ1v) is 9.51. The van der Waals surface area contributed by atoms with Gasteiger partial charge in [-0.2, -0.15) is 0 Å². The fourth-order valence-corrected chi connectivity index (χ4v) is 3.44. The Balaban J connectivity index is 3.02. The third-order valence-electron chi connectivity index (χ3n) is 3.22. The molecule has 0 N–H and O–H groups in total. The van der Waals surface area contributed by atoms with Gasteiger partial charge in [-0.1, -0.05) is 23.2 Å². The second kappa shape index (κ2) is 8.04. The van der Waals surface area contributed by atoms with E-state index in [-0.39, 0.29) is 29.6 Å². The van der Waals surface area contributed by atoms with Crippen LogP contribution in [0.1, 0.15) is 20.3 Å². The molecule has 5 nitrogen and oxygen atoms in total. The Hall–Kier alpha value is -0.980. The molecule has 0 aromatic heterocycles. The summed E-state index contributed by atoms with van der Waals surface area (Å²) in [7, 11) is -3.57. The molecule has 22 heavy (non-hydrogen) atoms. The van der Waals surface area contributed by atoms with E-state index < -0.39 is 10.0 Å². The molecule has 0 aliphatic heterocycles. The summed E-state index contributed by atoms with van der Waals surface area (Å²) in [5.41, 5.74) is 0.281. The molecular formula is C14H20Cl2N2O3S. The van der Waals surface area contributed by atoms with Crippen molar-refractivity contribution in [3.8, 4) is 0 Å². The number of hydrogen-bond donors (Lipinski definition) is 0. The predicted octanol–water partition coefficient (Wildman–Crippen LogP) is 3.02. The summed E-state index contributed by atoms with van der Waals surface area (Å²) >= 11 is 12.0. The molecule has 0 saturated heterocycles. The average Bonchev–Trinajstić information content (AvgIpc) is 2.42. The second-order valence-corrected chi connectivity index (χ2v) is 7.50. The third kappa shape index (κ3) is 5.04. The fraction of sp³-hybridized carbons (Fsp3) is 0.500. The molecule has 0 heterocycles. The highest BCUT2D eigenvalue weighted by Gasteiger charge is 2.22. The molecule has 1 aromatic carbocycles. The van der Waals surface area contributed by atoms with Gasteiger partial charge < -0.3 is 4.90 Å². The average molecular weight is 367 g/mol. The van der Waals surface area contributed by atoms with Crippen LogP contribution in [0.4, 0.5) is 5.69 Å². The summed E-state index contributed by atoms with van der Waals surface area (Å²) in [6, 6.07) is 4.59. The first-order valence-electron chi connectivity index (χ1n) is 6.91. The lowest BCUT2D eigenvalue weighted by atomic mass is 10.3. The van der Waals surface area contributed by atoms with Crippen molar-refractivity contribution in [3.63, 3.8) is 0 Å². The number of amides is 1. The summed E-state index contributed by atoms with van der Waals surface area (Å²) in [6.45, 7) is 4.96. The van der Waals surface area contributed by atoms with E-state index in [0.717, 1.165) is 10.6 Å². The van der Waals surface area contributed by atoms with E-state index in [9.17, 15) is 13.2 Å². The van der Waals surface area contributed by atoms with Gasteiger partial charge in [0.2, 0.25) is 15.9 Å². The van der Waals surface area contributed by atoms with Crippen LogP contribution in [0, 0.1) is 0 Å². The second-order valence-electron chi connectivity index (χ2n) is 4.75. The molecule has 124 valence electrons. The minimum atomic E-state index is -3.57. The fourth-order valence-electron chi connectivity index (χ4n) is 2.07. The van der Waals surface area contributed by atoms with Crippen LogP contribution in [-0.2, 0) is 14.8 Å². The van der Waals surface area contributed by atoms with Crippen molar-refractivity contribution in [1.29, 1.82) is 0 Å². The molecule has 1 amide bonds. The third-order valence-corrected chi connectivity index (χ3v) is 4.96. The van der Waals surface area contributed by atoms with Crippen LogP contribution in [0.2, 0.25) is 10.0 Å². The van der Waals surface area contributed by atoms with Gasteiger partial charge in [-0.05, 0) is 32.0 Å². The van der Waals surface area contributed by atoms with Gasteiger partial charge in [-0.3, -0.25) is 9.10 Å². The highest BCUT2D eigenvalue weighted by molar-refractivity contribution is 7.92. The zero-order valence-electron chi connectivity index (χ0n) is 12.8. The Kier molecular flexibility index (Phi) is 6.97. The summed E-state index contributed by atoms with van der Waals surface area (Å²) in [4.78, 5) is 13.7. The number of halogens is 2. The van der Waals surface area contributed by atoms with Gasteiger partial charge in [0.15, 0.2) is 0 Å². The lowest BCUT2D eigenvalue weighted by molar-refractivity contribution is -0.130. The molecule has 0 unspecified atom stereocenters. The van der Waals surface area contributed by atoms with Crippen molar-refractivity contribution >= 4 is 44.8 Å². The number of anilines is 1. The Morgan fingerprint density at radius 2 is 1.77 bits per heavy atom. The van der Waals surface area contributed by atoms with E-state index in [0.29, 0.717) is 18.1 Å². The summed E-state index contributed by atoms with van der Waals surface area (Å²) < 4.78 is 25.1. The Labute approximate surface area is 141 Å². The topological polar surface area (TPSA) is 57.7 Å². The van der Waals surface area contributed by atoms with Crippen molar-refractivity contribution < 1.29 is 13.2 Å². The molecular weight excluding hydrogens is 347 g/mol. The molecule has 0 atom stereocenters. The minimum Gasteiger partial charge on any atom is -0.343 e. The van der Waals surface area contributed by atoms with E-state index >= 15 is 0 Å². The maximum atomic E-state index is 12.1. The molecule has 0 fully saturated rings. The van der Waals surface area contributed by atoms with Crippen LogP contribution in [0.3, 0.4) is 0 Å². The molecule has 1 aromatic rings.